The molecule has 1 aromatic rings. The first-order chi connectivity index (χ1) is 15.6. The number of unbranched alkanes of at least 4 members (excludes halogenated alkanes) is 2. The van der Waals surface area contributed by atoms with Gasteiger partial charge in [0.25, 0.3) is 0 Å². The van der Waals surface area contributed by atoms with Crippen molar-refractivity contribution in [3.05, 3.63) is 47.2 Å². The number of esters is 1. The minimum absolute atomic E-state index is 0.0668. The summed E-state index contributed by atoms with van der Waals surface area (Å²) in [6, 6.07) is 3.32. The molecular weight excluding hydrogens is 437 g/mol. The van der Waals surface area contributed by atoms with Gasteiger partial charge >= 0.3 is 13.5 Å². The van der Waals surface area contributed by atoms with Crippen molar-refractivity contribution in [1.82, 2.24) is 5.09 Å². The van der Waals surface area contributed by atoms with Crippen LogP contribution >= 0.6 is 7.52 Å². The lowest BCUT2D eigenvalue weighted by molar-refractivity contribution is -0.144. The molecule has 0 bridgehead atoms. The number of ether oxygens (including phenoxy) is 2. The van der Waals surface area contributed by atoms with Crippen molar-refractivity contribution in [3.63, 3.8) is 0 Å². The molecule has 1 N–H and O–H groups in total. The van der Waals surface area contributed by atoms with Crippen LogP contribution in [0, 0.1) is 5.92 Å². The third kappa shape index (κ3) is 6.30. The summed E-state index contributed by atoms with van der Waals surface area (Å²) < 4.78 is 30.8. The summed E-state index contributed by atoms with van der Waals surface area (Å²) in [6.07, 6.45) is 8.45. The summed E-state index contributed by atoms with van der Waals surface area (Å²) in [6.45, 7) is 13.7. The highest BCUT2D eigenvalue weighted by Crippen LogP contribution is 2.54. The lowest BCUT2D eigenvalue weighted by Crippen LogP contribution is -2.34. The summed E-state index contributed by atoms with van der Waals surface area (Å²) >= 11 is 0. The van der Waals surface area contributed by atoms with Gasteiger partial charge < -0.3 is 14.0 Å². The third-order valence-corrected chi connectivity index (χ3v) is 7.71. The van der Waals surface area contributed by atoms with E-state index in [0.717, 1.165) is 61.2 Å². The lowest BCUT2D eigenvalue weighted by atomic mass is 9.74. The van der Waals surface area contributed by atoms with Crippen LogP contribution in [0.5, 0.6) is 11.5 Å². The Morgan fingerprint density at radius 3 is 2.79 bits per heavy atom. The maximum atomic E-state index is 13.4. The average Bonchev–Trinajstić information content (AvgIpc) is 2.73. The summed E-state index contributed by atoms with van der Waals surface area (Å²) in [4.78, 5) is 12.1. The van der Waals surface area contributed by atoms with Crippen molar-refractivity contribution >= 4 is 13.5 Å². The van der Waals surface area contributed by atoms with E-state index in [4.69, 9.17) is 14.0 Å². The highest BCUT2D eigenvalue weighted by molar-refractivity contribution is 7.56. The molecule has 0 saturated carbocycles. The highest BCUT2D eigenvalue weighted by Gasteiger charge is 2.38. The number of rotatable bonds is 10. The minimum Gasteiger partial charge on any atom is -0.465 e. The van der Waals surface area contributed by atoms with Crippen molar-refractivity contribution in [2.45, 2.75) is 78.2 Å². The SMILES string of the molecule is C=C1Oc2cc(CCCCC)cc(OP(C)(=O)N[C@@H](C)C(=O)OCC)c2C2C=C(C)CCC12. The Bertz CT molecular complexity index is 970. The molecule has 1 heterocycles. The predicted octanol–water partition coefficient (Wildman–Crippen LogP) is 6.51. The average molecular weight is 476 g/mol. The van der Waals surface area contributed by atoms with Crippen LogP contribution in [-0.2, 0) is 20.5 Å². The molecule has 7 heteroatoms. The zero-order valence-corrected chi connectivity index (χ0v) is 21.5. The van der Waals surface area contributed by atoms with Crippen LogP contribution in [-0.4, -0.2) is 25.3 Å². The molecule has 0 aromatic heterocycles. The molecule has 6 nitrogen and oxygen atoms in total. The van der Waals surface area contributed by atoms with E-state index in [1.165, 1.54) is 12.2 Å². The molecule has 3 rings (SSSR count). The van der Waals surface area contributed by atoms with Crippen LogP contribution in [0.1, 0.15) is 76.8 Å². The molecule has 33 heavy (non-hydrogen) atoms. The molecule has 0 fully saturated rings. The smallest absolute Gasteiger partial charge is 0.323 e. The van der Waals surface area contributed by atoms with Gasteiger partial charge in [-0.25, -0.2) is 5.09 Å². The van der Waals surface area contributed by atoms with E-state index >= 15 is 0 Å². The second-order valence-corrected chi connectivity index (χ2v) is 11.4. The molecule has 4 atom stereocenters. The molecule has 0 radical (unpaired) electrons. The van der Waals surface area contributed by atoms with Crippen molar-refractivity contribution < 1.29 is 23.4 Å². The Kier molecular flexibility index (Phi) is 8.47. The summed E-state index contributed by atoms with van der Waals surface area (Å²) in [5.41, 5.74) is 3.32. The second-order valence-electron chi connectivity index (χ2n) is 9.26. The third-order valence-electron chi connectivity index (χ3n) is 6.31. The fourth-order valence-electron chi connectivity index (χ4n) is 4.68. The molecule has 0 amide bonds. The van der Waals surface area contributed by atoms with E-state index in [-0.39, 0.29) is 18.4 Å². The fraction of sp³-hybridized carbons (Fsp3) is 0.577. The number of allylic oxidation sites excluding steroid dienone is 3. The van der Waals surface area contributed by atoms with Crippen LogP contribution < -0.4 is 14.3 Å². The molecular formula is C26H38NO5P. The molecule has 1 aliphatic heterocycles. The van der Waals surface area contributed by atoms with E-state index in [1.54, 1.807) is 13.8 Å². The number of nitrogens with one attached hydrogen (secondary N) is 1. The number of hydrogen-bond acceptors (Lipinski definition) is 5. The summed E-state index contributed by atoms with van der Waals surface area (Å²) in [7, 11) is -3.37. The van der Waals surface area contributed by atoms with Crippen LogP contribution in [0.25, 0.3) is 0 Å². The number of aryl methyl sites for hydroxylation is 1. The first kappa shape index (κ1) is 25.6. The van der Waals surface area contributed by atoms with Gasteiger partial charge in [0.1, 0.15) is 23.3 Å². The van der Waals surface area contributed by atoms with E-state index < -0.39 is 19.5 Å². The number of benzene rings is 1. The number of hydrogen-bond donors (Lipinski definition) is 1. The summed E-state index contributed by atoms with van der Waals surface area (Å²) in [5, 5.41) is 2.84. The number of fused-ring (bicyclic) bond motifs is 3. The fourth-order valence-corrected chi connectivity index (χ4v) is 6.07. The Labute approximate surface area is 198 Å². The zero-order chi connectivity index (χ0) is 24.2. The monoisotopic (exact) mass is 475 g/mol. The van der Waals surface area contributed by atoms with Crippen molar-refractivity contribution in [2.24, 2.45) is 5.92 Å². The maximum absolute atomic E-state index is 13.4. The summed E-state index contributed by atoms with van der Waals surface area (Å²) in [5.74, 6) is 1.84. The molecule has 1 aliphatic carbocycles. The van der Waals surface area contributed by atoms with Crippen molar-refractivity contribution in [1.29, 1.82) is 0 Å². The molecule has 0 spiro atoms. The Morgan fingerprint density at radius 1 is 1.33 bits per heavy atom. The Hall–Kier alpha value is -2.04. The van der Waals surface area contributed by atoms with Gasteiger partial charge in [-0.2, -0.15) is 0 Å². The van der Waals surface area contributed by atoms with Gasteiger partial charge in [-0.3, -0.25) is 9.36 Å². The van der Waals surface area contributed by atoms with Crippen LogP contribution in [0.2, 0.25) is 0 Å². The normalized spacial score (nSPS) is 22.2. The van der Waals surface area contributed by atoms with E-state index in [0.29, 0.717) is 5.75 Å². The largest absolute Gasteiger partial charge is 0.465 e. The predicted molar refractivity (Wildman–Crippen MR) is 132 cm³/mol. The second kappa shape index (κ2) is 10.9. The van der Waals surface area contributed by atoms with Crippen molar-refractivity contribution in [3.8, 4) is 11.5 Å². The Morgan fingerprint density at radius 2 is 2.09 bits per heavy atom. The molecule has 0 saturated heterocycles. The van der Waals surface area contributed by atoms with E-state index in [1.807, 2.05) is 6.07 Å². The Balaban J connectivity index is 1.98. The van der Waals surface area contributed by atoms with Gasteiger partial charge in [-0.1, -0.05) is 38.0 Å². The quantitative estimate of drug-likeness (QED) is 0.180. The van der Waals surface area contributed by atoms with Gasteiger partial charge in [-0.05, 0) is 64.2 Å². The molecule has 3 unspecified atom stereocenters. The molecule has 1 aromatic carbocycles. The number of carbonyl (C=O) groups is 1. The zero-order valence-electron chi connectivity index (χ0n) is 20.6. The topological polar surface area (TPSA) is 73.9 Å². The first-order valence-electron chi connectivity index (χ1n) is 12.1. The standard InChI is InChI=1S/C26H38NO5P/c1-7-9-10-11-20-15-23-25(22-14-17(3)12-13-21(22)19(5)31-23)24(16-20)32-33(6,29)27-18(4)26(28)30-8-2/h14-16,18,21-22H,5,7-13H2,1-4,6H3,(H,27,29)/t18-,21?,22?,33?/m0/s1. The van der Waals surface area contributed by atoms with E-state index in [2.05, 4.69) is 37.7 Å². The van der Waals surface area contributed by atoms with Gasteiger partial charge in [0.2, 0.25) is 0 Å². The molecule has 182 valence electrons. The van der Waals surface area contributed by atoms with Gasteiger partial charge in [0.05, 0.1) is 6.61 Å². The highest BCUT2D eigenvalue weighted by atomic mass is 31.2. The van der Waals surface area contributed by atoms with Crippen LogP contribution in [0.15, 0.2) is 36.1 Å². The van der Waals surface area contributed by atoms with Gasteiger partial charge in [0, 0.05) is 24.1 Å². The van der Waals surface area contributed by atoms with E-state index in [9.17, 15) is 9.36 Å². The van der Waals surface area contributed by atoms with Crippen molar-refractivity contribution in [2.75, 3.05) is 13.3 Å². The first-order valence-corrected chi connectivity index (χ1v) is 14.1. The van der Waals surface area contributed by atoms with Crippen LogP contribution in [0.3, 0.4) is 0 Å². The molecule has 2 aliphatic rings. The maximum Gasteiger partial charge on any atom is 0.323 e. The number of carbonyl (C=O) groups excluding carboxylic acids is 1. The van der Waals surface area contributed by atoms with Gasteiger partial charge in [-0.15, -0.1) is 0 Å². The van der Waals surface area contributed by atoms with Crippen LogP contribution in [0.4, 0.5) is 0 Å². The minimum atomic E-state index is -3.37. The van der Waals surface area contributed by atoms with Gasteiger partial charge in [0.15, 0.2) is 0 Å². The lowest BCUT2D eigenvalue weighted by Gasteiger charge is -2.38.